The zero-order valence-corrected chi connectivity index (χ0v) is 15.4. The van der Waals surface area contributed by atoms with Crippen molar-refractivity contribution in [1.82, 2.24) is 14.6 Å². The van der Waals surface area contributed by atoms with Crippen LogP contribution in [-0.2, 0) is 0 Å². The fraction of sp³-hybridized carbons (Fsp3) is 0. The van der Waals surface area contributed by atoms with Crippen molar-refractivity contribution in [3.63, 3.8) is 0 Å². The highest BCUT2D eigenvalue weighted by molar-refractivity contribution is 9.10. The van der Waals surface area contributed by atoms with Crippen LogP contribution in [0, 0.1) is 0 Å². The number of fused-ring (bicyclic) bond motifs is 1. The Hall–Kier alpha value is -2.57. The van der Waals surface area contributed by atoms with E-state index in [1.807, 2.05) is 72.8 Å². The van der Waals surface area contributed by atoms with Crippen molar-refractivity contribution >= 4 is 50.5 Å². The lowest BCUT2D eigenvalue weighted by atomic mass is 10.2. The Morgan fingerprint density at radius 1 is 1.00 bits per heavy atom. The summed E-state index contributed by atoms with van der Waals surface area (Å²) in [6.45, 7) is 0. The summed E-state index contributed by atoms with van der Waals surface area (Å²) in [5.41, 5.74) is 1.86. The maximum atomic E-state index is 12.5. The fourth-order valence-corrected chi connectivity index (χ4v) is 3.69. The van der Waals surface area contributed by atoms with E-state index in [0.717, 1.165) is 15.6 Å². The standard InChI is InChI=1S/C19H12BrN3OS/c20-15-9-5-4-8-14(15)12-16-18(24)23-19(25-16)21-17(22-23)11-10-13-6-2-1-3-7-13/h1-12H/b11-10+,16-12+. The summed E-state index contributed by atoms with van der Waals surface area (Å²) < 4.78 is 2.92. The van der Waals surface area contributed by atoms with E-state index in [0.29, 0.717) is 15.3 Å². The number of rotatable bonds is 3. The van der Waals surface area contributed by atoms with Crippen LogP contribution in [0.5, 0.6) is 0 Å². The molecule has 0 radical (unpaired) electrons. The summed E-state index contributed by atoms with van der Waals surface area (Å²) in [4.78, 5) is 17.6. The van der Waals surface area contributed by atoms with Gasteiger partial charge in [-0.15, -0.1) is 5.10 Å². The molecule has 2 heterocycles. The van der Waals surface area contributed by atoms with Crippen LogP contribution < -0.4 is 10.1 Å². The summed E-state index contributed by atoms with van der Waals surface area (Å²) >= 11 is 4.83. The van der Waals surface area contributed by atoms with Gasteiger partial charge in [0.2, 0.25) is 4.96 Å². The van der Waals surface area contributed by atoms with E-state index in [1.54, 1.807) is 0 Å². The molecule has 4 rings (SSSR count). The first kappa shape index (κ1) is 15.9. The molecule has 4 nitrogen and oxygen atoms in total. The second kappa shape index (κ2) is 6.74. The third-order valence-corrected chi connectivity index (χ3v) is 5.30. The molecular formula is C19H12BrN3OS. The van der Waals surface area contributed by atoms with Gasteiger partial charge in [-0.3, -0.25) is 4.79 Å². The number of thiazole rings is 1. The van der Waals surface area contributed by atoms with Gasteiger partial charge >= 0.3 is 0 Å². The van der Waals surface area contributed by atoms with Crippen LogP contribution in [0.3, 0.4) is 0 Å². The quantitative estimate of drug-likeness (QED) is 0.518. The SMILES string of the molecule is O=c1/c(=C\c2ccccc2Br)sc2nc(/C=C/c3ccccc3)nn12. The molecule has 0 bridgehead atoms. The topological polar surface area (TPSA) is 47.3 Å². The van der Waals surface area contributed by atoms with Crippen molar-refractivity contribution in [2.75, 3.05) is 0 Å². The highest BCUT2D eigenvalue weighted by Gasteiger charge is 2.09. The predicted molar refractivity (Wildman–Crippen MR) is 105 cm³/mol. The molecule has 0 unspecified atom stereocenters. The van der Waals surface area contributed by atoms with Crippen LogP contribution in [0.1, 0.15) is 17.0 Å². The third-order valence-electron chi connectivity index (χ3n) is 3.61. The van der Waals surface area contributed by atoms with Gasteiger partial charge in [0.25, 0.3) is 5.56 Å². The summed E-state index contributed by atoms with van der Waals surface area (Å²) in [7, 11) is 0. The second-order valence-corrected chi connectivity index (χ2v) is 7.21. The molecule has 0 fully saturated rings. The molecule has 122 valence electrons. The highest BCUT2D eigenvalue weighted by atomic mass is 79.9. The van der Waals surface area contributed by atoms with Crippen molar-refractivity contribution in [2.24, 2.45) is 0 Å². The number of halogens is 1. The number of benzene rings is 2. The van der Waals surface area contributed by atoms with Gasteiger partial charge < -0.3 is 0 Å². The molecule has 0 amide bonds. The molecule has 0 atom stereocenters. The van der Waals surface area contributed by atoms with Crippen LogP contribution in [-0.4, -0.2) is 14.6 Å². The van der Waals surface area contributed by atoms with Crippen molar-refractivity contribution in [3.05, 3.63) is 90.9 Å². The van der Waals surface area contributed by atoms with Crippen molar-refractivity contribution in [2.45, 2.75) is 0 Å². The first-order chi connectivity index (χ1) is 12.2. The van der Waals surface area contributed by atoms with Crippen LogP contribution in [0.4, 0.5) is 0 Å². The van der Waals surface area contributed by atoms with Gasteiger partial charge in [-0.1, -0.05) is 81.9 Å². The maximum absolute atomic E-state index is 12.5. The number of hydrogen-bond donors (Lipinski definition) is 0. The van der Waals surface area contributed by atoms with E-state index >= 15 is 0 Å². The molecule has 2 aromatic heterocycles. The van der Waals surface area contributed by atoms with Gasteiger partial charge in [0.05, 0.1) is 4.53 Å². The molecule has 0 aliphatic rings. The van der Waals surface area contributed by atoms with E-state index in [4.69, 9.17) is 0 Å². The molecule has 0 N–H and O–H groups in total. The molecule has 2 aromatic carbocycles. The molecule has 25 heavy (non-hydrogen) atoms. The van der Waals surface area contributed by atoms with Gasteiger partial charge in [0, 0.05) is 4.47 Å². The Balaban J connectivity index is 1.71. The third kappa shape index (κ3) is 3.31. The highest BCUT2D eigenvalue weighted by Crippen LogP contribution is 2.16. The Bertz CT molecular complexity index is 1180. The van der Waals surface area contributed by atoms with E-state index in [2.05, 4.69) is 26.0 Å². The minimum Gasteiger partial charge on any atom is -0.266 e. The Morgan fingerprint density at radius 3 is 2.52 bits per heavy atom. The van der Waals surface area contributed by atoms with Gasteiger partial charge in [-0.2, -0.15) is 9.50 Å². The number of aromatic nitrogens is 3. The molecule has 4 aromatic rings. The lowest BCUT2D eigenvalue weighted by Gasteiger charge is -1.94. The summed E-state index contributed by atoms with van der Waals surface area (Å²) in [6, 6.07) is 17.7. The van der Waals surface area contributed by atoms with Crippen LogP contribution in [0.2, 0.25) is 0 Å². The monoisotopic (exact) mass is 409 g/mol. The minimum absolute atomic E-state index is 0.150. The van der Waals surface area contributed by atoms with E-state index in [1.165, 1.54) is 15.9 Å². The summed E-state index contributed by atoms with van der Waals surface area (Å²) in [6.07, 6.45) is 5.59. The van der Waals surface area contributed by atoms with Crippen molar-refractivity contribution < 1.29 is 0 Å². The molecule has 0 saturated heterocycles. The van der Waals surface area contributed by atoms with Crippen LogP contribution >= 0.6 is 27.3 Å². The first-order valence-electron chi connectivity index (χ1n) is 7.60. The maximum Gasteiger partial charge on any atom is 0.291 e. The predicted octanol–water partition coefficient (Wildman–Crippen LogP) is 3.63. The average Bonchev–Trinajstić information content (AvgIpc) is 3.15. The Kier molecular flexibility index (Phi) is 4.29. The zero-order chi connectivity index (χ0) is 17.2. The van der Waals surface area contributed by atoms with Gasteiger partial charge in [0.15, 0.2) is 5.82 Å². The number of hydrogen-bond acceptors (Lipinski definition) is 4. The fourth-order valence-electron chi connectivity index (χ4n) is 2.39. The van der Waals surface area contributed by atoms with Crippen LogP contribution in [0.25, 0.3) is 23.2 Å². The Morgan fingerprint density at radius 2 is 1.76 bits per heavy atom. The first-order valence-corrected chi connectivity index (χ1v) is 9.20. The van der Waals surface area contributed by atoms with Gasteiger partial charge in [-0.25, -0.2) is 0 Å². The van der Waals surface area contributed by atoms with Gasteiger partial charge in [0.1, 0.15) is 0 Å². The molecule has 0 saturated carbocycles. The van der Waals surface area contributed by atoms with E-state index < -0.39 is 0 Å². The van der Waals surface area contributed by atoms with Crippen molar-refractivity contribution in [1.29, 1.82) is 0 Å². The smallest absolute Gasteiger partial charge is 0.266 e. The number of nitrogens with zero attached hydrogens (tertiary/aromatic N) is 3. The van der Waals surface area contributed by atoms with Crippen LogP contribution in [0.15, 0.2) is 63.9 Å². The second-order valence-electron chi connectivity index (χ2n) is 5.35. The summed E-state index contributed by atoms with van der Waals surface area (Å²) in [5.74, 6) is 0.527. The van der Waals surface area contributed by atoms with Crippen molar-refractivity contribution in [3.8, 4) is 0 Å². The summed E-state index contributed by atoms with van der Waals surface area (Å²) in [5, 5.41) is 4.30. The lowest BCUT2D eigenvalue weighted by Crippen LogP contribution is -2.23. The normalized spacial score (nSPS) is 12.4. The average molecular weight is 410 g/mol. The van der Waals surface area contributed by atoms with E-state index in [9.17, 15) is 4.79 Å². The molecular weight excluding hydrogens is 398 g/mol. The zero-order valence-electron chi connectivity index (χ0n) is 13.0. The minimum atomic E-state index is -0.150. The largest absolute Gasteiger partial charge is 0.291 e. The molecule has 0 spiro atoms. The Labute approximate surface area is 155 Å². The van der Waals surface area contributed by atoms with Gasteiger partial charge in [-0.05, 0) is 29.3 Å². The molecule has 0 aliphatic heterocycles. The molecule has 0 aliphatic carbocycles. The lowest BCUT2D eigenvalue weighted by molar-refractivity contribution is 0.925. The van der Waals surface area contributed by atoms with E-state index in [-0.39, 0.29) is 5.56 Å². The molecule has 6 heteroatoms.